The molecule has 0 saturated heterocycles. The first-order valence-electron chi connectivity index (χ1n) is 12.2. The lowest BCUT2D eigenvalue weighted by Gasteiger charge is -2.35. The topological polar surface area (TPSA) is 48.0 Å². The number of hydrogen-bond acceptors (Lipinski definition) is 5. The number of rotatable bonds is 8. The summed E-state index contributed by atoms with van der Waals surface area (Å²) in [5.41, 5.74) is 3.94. The Morgan fingerprint density at radius 1 is 0.865 bits per heavy atom. The van der Waals surface area contributed by atoms with Crippen LogP contribution in [0.5, 0.6) is 17.2 Å². The molecule has 1 unspecified atom stereocenters. The summed E-state index contributed by atoms with van der Waals surface area (Å²) in [4.78, 5) is 16.6. The lowest BCUT2D eigenvalue weighted by Crippen LogP contribution is -2.37. The van der Waals surface area contributed by atoms with Crippen LogP contribution >= 0.6 is 11.8 Å². The molecule has 1 heterocycles. The van der Waals surface area contributed by atoms with Gasteiger partial charge in [0.1, 0.15) is 12.4 Å². The predicted molar refractivity (Wildman–Crippen MR) is 147 cm³/mol. The van der Waals surface area contributed by atoms with E-state index in [0.717, 1.165) is 27.3 Å². The van der Waals surface area contributed by atoms with Crippen LogP contribution in [0.3, 0.4) is 0 Å². The number of ether oxygens (including phenoxy) is 3. The van der Waals surface area contributed by atoms with Crippen molar-refractivity contribution in [3.8, 4) is 17.2 Å². The minimum Gasteiger partial charge on any atom is -0.497 e. The van der Waals surface area contributed by atoms with E-state index in [0.29, 0.717) is 36.8 Å². The van der Waals surface area contributed by atoms with Crippen molar-refractivity contribution in [2.24, 2.45) is 0 Å². The van der Waals surface area contributed by atoms with Gasteiger partial charge in [-0.25, -0.2) is 0 Å². The zero-order chi connectivity index (χ0) is 25.6. The van der Waals surface area contributed by atoms with Gasteiger partial charge in [-0.15, -0.1) is 11.8 Å². The van der Waals surface area contributed by atoms with E-state index < -0.39 is 0 Å². The molecule has 0 radical (unpaired) electrons. The maximum atomic E-state index is 13.5. The van der Waals surface area contributed by atoms with Crippen molar-refractivity contribution in [2.45, 2.75) is 23.3 Å². The minimum absolute atomic E-state index is 0.00506. The Balaban J connectivity index is 1.47. The van der Waals surface area contributed by atoms with Crippen LogP contribution in [-0.4, -0.2) is 31.6 Å². The Labute approximate surface area is 222 Å². The van der Waals surface area contributed by atoms with Gasteiger partial charge in [0, 0.05) is 23.5 Å². The van der Waals surface area contributed by atoms with Crippen LogP contribution in [0, 0.1) is 0 Å². The van der Waals surface area contributed by atoms with Crippen LogP contribution in [-0.2, 0) is 13.2 Å². The fourth-order valence-electron chi connectivity index (χ4n) is 4.47. The molecule has 0 fully saturated rings. The first kappa shape index (κ1) is 24.8. The van der Waals surface area contributed by atoms with Crippen LogP contribution in [0.4, 0.5) is 0 Å². The second-order valence-corrected chi connectivity index (χ2v) is 10.1. The Morgan fingerprint density at radius 2 is 1.57 bits per heavy atom. The molecule has 1 aliphatic heterocycles. The van der Waals surface area contributed by atoms with Gasteiger partial charge in [-0.05, 0) is 65.2 Å². The van der Waals surface area contributed by atoms with Crippen molar-refractivity contribution in [2.75, 3.05) is 20.8 Å². The van der Waals surface area contributed by atoms with E-state index in [1.54, 1.807) is 26.0 Å². The first-order valence-corrected chi connectivity index (χ1v) is 13.0. The Hall–Kier alpha value is -3.90. The highest BCUT2D eigenvalue weighted by molar-refractivity contribution is 7.99. The van der Waals surface area contributed by atoms with Crippen molar-refractivity contribution in [3.05, 3.63) is 119 Å². The van der Waals surface area contributed by atoms with Gasteiger partial charge in [0.05, 0.1) is 19.5 Å². The zero-order valence-corrected chi connectivity index (χ0v) is 21.7. The van der Waals surface area contributed by atoms with Gasteiger partial charge in [0.2, 0.25) is 0 Å². The van der Waals surface area contributed by atoms with Crippen molar-refractivity contribution < 1.29 is 19.0 Å². The number of nitrogens with zero attached hydrogens (tertiary/aromatic N) is 1. The fraction of sp³-hybridized carbons (Fsp3) is 0.194. The number of amides is 1. The molecule has 4 aromatic carbocycles. The van der Waals surface area contributed by atoms with Crippen LogP contribution < -0.4 is 14.2 Å². The average Bonchev–Trinajstić information content (AvgIpc) is 2.96. The fourth-order valence-corrected chi connectivity index (χ4v) is 5.71. The smallest absolute Gasteiger partial charge is 0.254 e. The van der Waals surface area contributed by atoms with Crippen LogP contribution in [0.15, 0.2) is 102 Å². The molecule has 0 aliphatic carbocycles. The molecule has 0 saturated carbocycles. The summed E-state index contributed by atoms with van der Waals surface area (Å²) >= 11 is 1.75. The van der Waals surface area contributed by atoms with Crippen molar-refractivity contribution in [1.82, 2.24) is 4.90 Å². The average molecular weight is 512 g/mol. The lowest BCUT2D eigenvalue weighted by molar-refractivity contribution is 0.0732. The number of carbonyl (C=O) groups excluding carboxylic acids is 1. The normalized spacial score (nSPS) is 14.5. The Kier molecular flexibility index (Phi) is 7.66. The first-order chi connectivity index (χ1) is 18.1. The summed E-state index contributed by atoms with van der Waals surface area (Å²) in [5.74, 6) is 2.09. The largest absolute Gasteiger partial charge is 0.497 e. The maximum Gasteiger partial charge on any atom is 0.254 e. The molecule has 0 aromatic heterocycles. The molecule has 6 heteroatoms. The van der Waals surface area contributed by atoms with Gasteiger partial charge in [-0.2, -0.15) is 0 Å². The third kappa shape index (κ3) is 5.75. The second kappa shape index (κ2) is 11.4. The standard InChI is InChI=1S/C31H29NO4S/c1-34-25-15-13-23(14-16-25)31(33)32-19-24-17-29(36-21-22-9-5-3-6-10-22)28(35-2)18-27(24)30(20-32)37-26-11-7-4-8-12-26/h3-18,30H,19-21H2,1-2H3. The van der Waals surface area contributed by atoms with Gasteiger partial charge in [-0.3, -0.25) is 4.79 Å². The summed E-state index contributed by atoms with van der Waals surface area (Å²) in [6.45, 7) is 1.52. The third-order valence-electron chi connectivity index (χ3n) is 6.40. The minimum atomic E-state index is -0.00506. The Bertz CT molecular complexity index is 1340. The predicted octanol–water partition coefficient (Wildman–Crippen LogP) is 6.77. The monoisotopic (exact) mass is 511 g/mol. The van der Waals surface area contributed by atoms with E-state index in [4.69, 9.17) is 14.2 Å². The molecule has 4 aromatic rings. The Morgan fingerprint density at radius 3 is 2.24 bits per heavy atom. The molecule has 188 valence electrons. The number of carbonyl (C=O) groups is 1. The summed E-state index contributed by atoms with van der Waals surface area (Å²) in [6.07, 6.45) is 0. The summed E-state index contributed by atoms with van der Waals surface area (Å²) in [6, 6.07) is 31.7. The molecule has 0 spiro atoms. The van der Waals surface area contributed by atoms with Gasteiger partial charge < -0.3 is 19.1 Å². The summed E-state index contributed by atoms with van der Waals surface area (Å²) < 4.78 is 17.2. The molecule has 37 heavy (non-hydrogen) atoms. The molecule has 5 rings (SSSR count). The van der Waals surface area contributed by atoms with E-state index in [9.17, 15) is 4.79 Å². The van der Waals surface area contributed by atoms with Crippen LogP contribution in [0.25, 0.3) is 0 Å². The third-order valence-corrected chi connectivity index (χ3v) is 7.63. The molecule has 5 nitrogen and oxygen atoms in total. The van der Waals surface area contributed by atoms with Gasteiger partial charge in [-0.1, -0.05) is 48.5 Å². The lowest BCUT2D eigenvalue weighted by atomic mass is 9.97. The van der Waals surface area contributed by atoms with E-state index in [-0.39, 0.29) is 11.2 Å². The highest BCUT2D eigenvalue weighted by Crippen LogP contribution is 2.45. The molecule has 1 aliphatic rings. The van der Waals surface area contributed by atoms with Crippen molar-refractivity contribution >= 4 is 17.7 Å². The van der Waals surface area contributed by atoms with Crippen molar-refractivity contribution in [3.63, 3.8) is 0 Å². The molecule has 1 atom stereocenters. The maximum absolute atomic E-state index is 13.5. The van der Waals surface area contributed by atoms with Gasteiger partial charge in [0.15, 0.2) is 11.5 Å². The van der Waals surface area contributed by atoms with E-state index in [1.807, 2.05) is 83.8 Å². The number of hydrogen-bond donors (Lipinski definition) is 0. The van der Waals surface area contributed by atoms with Gasteiger partial charge in [0.25, 0.3) is 5.91 Å². The molecular formula is C31H29NO4S. The van der Waals surface area contributed by atoms with Crippen LogP contribution in [0.2, 0.25) is 0 Å². The quantitative estimate of drug-likeness (QED) is 0.261. The van der Waals surface area contributed by atoms with E-state index >= 15 is 0 Å². The number of benzene rings is 4. The number of methoxy groups -OCH3 is 2. The summed E-state index contributed by atoms with van der Waals surface area (Å²) in [5, 5.41) is 0.0467. The van der Waals surface area contributed by atoms with Crippen molar-refractivity contribution in [1.29, 1.82) is 0 Å². The van der Waals surface area contributed by atoms with E-state index in [1.165, 1.54) is 0 Å². The van der Waals surface area contributed by atoms with Gasteiger partial charge >= 0.3 is 0 Å². The second-order valence-electron chi connectivity index (χ2n) is 8.81. The van der Waals surface area contributed by atoms with Crippen LogP contribution in [0.1, 0.15) is 32.3 Å². The van der Waals surface area contributed by atoms with E-state index in [2.05, 4.69) is 18.2 Å². The highest BCUT2D eigenvalue weighted by atomic mass is 32.2. The molecule has 1 amide bonds. The number of thioether (sulfide) groups is 1. The zero-order valence-electron chi connectivity index (χ0n) is 20.9. The number of fused-ring (bicyclic) bond motifs is 1. The molecule has 0 N–H and O–H groups in total. The summed E-state index contributed by atoms with van der Waals surface area (Å²) in [7, 11) is 3.29. The highest BCUT2D eigenvalue weighted by Gasteiger charge is 2.31. The molecular weight excluding hydrogens is 482 g/mol. The SMILES string of the molecule is COc1ccc(C(=O)N2Cc3cc(OCc4ccccc4)c(OC)cc3C(Sc3ccccc3)C2)cc1. The molecule has 0 bridgehead atoms.